The van der Waals surface area contributed by atoms with Crippen molar-refractivity contribution in [2.45, 2.75) is 58.5 Å². The van der Waals surface area contributed by atoms with Crippen molar-refractivity contribution in [1.82, 2.24) is 10.6 Å². The molecule has 1 rings (SSSR count). The number of rotatable bonds is 7. The molecule has 23 heavy (non-hydrogen) atoms. The number of hydrogen-bond donors (Lipinski definition) is 4. The van der Waals surface area contributed by atoms with Crippen LogP contribution in [0.5, 0.6) is 0 Å². The summed E-state index contributed by atoms with van der Waals surface area (Å²) in [6, 6.07) is -1.35. The minimum Gasteiger partial charge on any atom is -0.480 e. The summed E-state index contributed by atoms with van der Waals surface area (Å²) in [5.41, 5.74) is 5.80. The normalized spacial score (nSPS) is 23.9. The average molecular weight is 327 g/mol. The van der Waals surface area contributed by atoms with Crippen LogP contribution in [0.15, 0.2) is 0 Å². The van der Waals surface area contributed by atoms with E-state index in [4.69, 9.17) is 10.8 Å². The van der Waals surface area contributed by atoms with Gasteiger partial charge in [0.05, 0.1) is 6.04 Å². The monoisotopic (exact) mass is 327 g/mol. The number of nitrogens with one attached hydrogen (secondary N) is 2. The Hall–Kier alpha value is -1.63. The zero-order valence-corrected chi connectivity index (χ0v) is 14.2. The van der Waals surface area contributed by atoms with Crippen LogP contribution in [0.25, 0.3) is 0 Å². The van der Waals surface area contributed by atoms with Gasteiger partial charge in [-0.2, -0.15) is 0 Å². The topological polar surface area (TPSA) is 122 Å². The lowest BCUT2D eigenvalue weighted by Gasteiger charge is -2.28. The molecule has 0 bridgehead atoms. The Balaban J connectivity index is 2.31. The molecule has 7 nitrogen and oxygen atoms in total. The molecule has 0 aromatic carbocycles. The van der Waals surface area contributed by atoms with Crippen LogP contribution in [0, 0.1) is 17.8 Å². The van der Waals surface area contributed by atoms with Crippen molar-refractivity contribution in [1.29, 1.82) is 0 Å². The Labute approximate surface area is 137 Å². The summed E-state index contributed by atoms with van der Waals surface area (Å²) >= 11 is 0. The molecular formula is C16H29N3O4. The maximum atomic E-state index is 12.0. The smallest absolute Gasteiger partial charge is 0.325 e. The number of carboxylic acids is 1. The number of aliphatic carboxylic acids is 1. The van der Waals surface area contributed by atoms with E-state index in [0.29, 0.717) is 12.5 Å². The van der Waals surface area contributed by atoms with Crippen LogP contribution in [0.3, 0.4) is 0 Å². The first-order valence-corrected chi connectivity index (χ1v) is 8.28. The highest BCUT2D eigenvalue weighted by atomic mass is 16.4. The van der Waals surface area contributed by atoms with Crippen LogP contribution >= 0.6 is 0 Å². The summed E-state index contributed by atoms with van der Waals surface area (Å²) in [5, 5.41) is 14.2. The summed E-state index contributed by atoms with van der Waals surface area (Å²) < 4.78 is 0. The van der Waals surface area contributed by atoms with Crippen LogP contribution in [0.2, 0.25) is 0 Å². The highest BCUT2D eigenvalue weighted by molar-refractivity contribution is 5.84. The van der Waals surface area contributed by atoms with Gasteiger partial charge >= 0.3 is 5.97 Å². The van der Waals surface area contributed by atoms with Crippen molar-refractivity contribution in [2.75, 3.05) is 6.54 Å². The number of amides is 2. The minimum absolute atomic E-state index is 0.102. The van der Waals surface area contributed by atoms with Crippen molar-refractivity contribution >= 4 is 17.8 Å². The molecule has 2 unspecified atom stereocenters. The van der Waals surface area contributed by atoms with Gasteiger partial charge in [0, 0.05) is 12.5 Å². The van der Waals surface area contributed by atoms with Crippen LogP contribution in [-0.2, 0) is 14.4 Å². The van der Waals surface area contributed by atoms with Crippen LogP contribution in [-0.4, -0.2) is 41.5 Å². The van der Waals surface area contributed by atoms with Gasteiger partial charge in [-0.05, 0) is 44.4 Å². The zero-order chi connectivity index (χ0) is 17.6. The molecule has 2 atom stereocenters. The van der Waals surface area contributed by atoms with Gasteiger partial charge in [-0.25, -0.2) is 0 Å². The summed E-state index contributed by atoms with van der Waals surface area (Å²) in [7, 11) is 0. The lowest BCUT2D eigenvalue weighted by Crippen LogP contribution is -2.46. The quantitative estimate of drug-likeness (QED) is 0.542. The van der Waals surface area contributed by atoms with Gasteiger partial charge in [0.25, 0.3) is 0 Å². The van der Waals surface area contributed by atoms with E-state index in [1.165, 1.54) is 6.92 Å². The van der Waals surface area contributed by atoms with Gasteiger partial charge in [0.15, 0.2) is 0 Å². The first kappa shape index (κ1) is 19.4. The highest BCUT2D eigenvalue weighted by Gasteiger charge is 2.28. The van der Waals surface area contributed by atoms with Crippen molar-refractivity contribution in [2.24, 2.45) is 23.5 Å². The van der Waals surface area contributed by atoms with E-state index in [9.17, 15) is 14.4 Å². The second-order valence-corrected chi connectivity index (χ2v) is 6.80. The molecule has 5 N–H and O–H groups in total. The Morgan fingerprint density at radius 3 is 2.17 bits per heavy atom. The summed E-state index contributed by atoms with van der Waals surface area (Å²) in [4.78, 5) is 34.6. The molecule has 0 aliphatic heterocycles. The molecule has 0 spiro atoms. The van der Waals surface area contributed by atoms with Crippen LogP contribution < -0.4 is 16.4 Å². The van der Waals surface area contributed by atoms with Gasteiger partial charge in [0.2, 0.25) is 11.8 Å². The molecule has 1 aliphatic carbocycles. The van der Waals surface area contributed by atoms with Gasteiger partial charge in [-0.1, -0.05) is 13.8 Å². The molecule has 0 saturated heterocycles. The second-order valence-electron chi connectivity index (χ2n) is 6.80. The van der Waals surface area contributed by atoms with Gasteiger partial charge in [0.1, 0.15) is 6.04 Å². The number of carboxylic acid groups (broad SMARTS) is 1. The predicted molar refractivity (Wildman–Crippen MR) is 86.5 cm³/mol. The van der Waals surface area contributed by atoms with Crippen molar-refractivity contribution in [3.05, 3.63) is 0 Å². The third kappa shape index (κ3) is 6.17. The summed E-state index contributed by atoms with van der Waals surface area (Å²) in [5.74, 6) is -1.04. The molecule has 0 radical (unpaired) electrons. The largest absolute Gasteiger partial charge is 0.480 e. The fourth-order valence-corrected chi connectivity index (χ4v) is 2.69. The number of hydrogen-bond acceptors (Lipinski definition) is 4. The lowest BCUT2D eigenvalue weighted by atomic mass is 9.81. The molecule has 1 aliphatic rings. The lowest BCUT2D eigenvalue weighted by molar-refractivity contribution is -0.142. The maximum absolute atomic E-state index is 12.0. The Kier molecular flexibility index (Phi) is 7.48. The summed E-state index contributed by atoms with van der Waals surface area (Å²) in [6.45, 7) is 5.86. The van der Waals surface area contributed by atoms with Crippen LogP contribution in [0.1, 0.15) is 46.5 Å². The number of carbonyl (C=O) groups is 3. The van der Waals surface area contributed by atoms with E-state index >= 15 is 0 Å². The van der Waals surface area contributed by atoms with E-state index in [-0.39, 0.29) is 23.7 Å². The van der Waals surface area contributed by atoms with E-state index in [2.05, 4.69) is 10.6 Å². The molecule has 132 valence electrons. The molecule has 0 aromatic rings. The fraction of sp³-hybridized carbons (Fsp3) is 0.812. The number of carbonyl (C=O) groups excluding carboxylic acids is 2. The average Bonchev–Trinajstić information content (AvgIpc) is 2.51. The predicted octanol–water partition coefficient (Wildman–Crippen LogP) is 0.482. The van der Waals surface area contributed by atoms with Crippen molar-refractivity contribution < 1.29 is 19.5 Å². The number of nitrogens with two attached hydrogens (primary N) is 1. The SMILES string of the molecule is CC(NC(=O)C1CCC(CNC(=O)C(N)C(C)C)CC1)C(=O)O. The van der Waals surface area contributed by atoms with E-state index < -0.39 is 18.1 Å². The van der Waals surface area contributed by atoms with Crippen molar-refractivity contribution in [3.8, 4) is 0 Å². The molecule has 1 fully saturated rings. The van der Waals surface area contributed by atoms with Gasteiger partial charge in [-0.15, -0.1) is 0 Å². The maximum Gasteiger partial charge on any atom is 0.325 e. The molecule has 7 heteroatoms. The van der Waals surface area contributed by atoms with Gasteiger partial charge in [-0.3, -0.25) is 14.4 Å². The second kappa shape index (κ2) is 8.86. The van der Waals surface area contributed by atoms with Crippen LogP contribution in [0.4, 0.5) is 0 Å². The molecule has 2 amide bonds. The first-order valence-electron chi connectivity index (χ1n) is 8.28. The molecule has 0 heterocycles. The minimum atomic E-state index is -1.03. The van der Waals surface area contributed by atoms with Crippen molar-refractivity contribution in [3.63, 3.8) is 0 Å². The third-order valence-electron chi connectivity index (χ3n) is 4.53. The third-order valence-corrected chi connectivity index (χ3v) is 4.53. The van der Waals surface area contributed by atoms with E-state index in [1.807, 2.05) is 13.8 Å². The Morgan fingerprint density at radius 1 is 1.13 bits per heavy atom. The molecule has 0 aromatic heterocycles. The standard InChI is InChI=1S/C16H29N3O4/c1-9(2)13(17)15(21)18-8-11-4-6-12(7-5-11)14(20)19-10(3)16(22)23/h9-13H,4-8,17H2,1-3H3,(H,18,21)(H,19,20)(H,22,23). The van der Waals surface area contributed by atoms with E-state index in [0.717, 1.165) is 25.7 Å². The molecular weight excluding hydrogens is 298 g/mol. The molecule has 1 saturated carbocycles. The fourth-order valence-electron chi connectivity index (χ4n) is 2.69. The Bertz CT molecular complexity index is 431. The Morgan fingerprint density at radius 2 is 1.70 bits per heavy atom. The highest BCUT2D eigenvalue weighted by Crippen LogP contribution is 2.28. The summed E-state index contributed by atoms with van der Waals surface area (Å²) in [6.07, 6.45) is 3.12. The zero-order valence-electron chi connectivity index (χ0n) is 14.2. The first-order chi connectivity index (χ1) is 10.7. The van der Waals surface area contributed by atoms with Gasteiger partial charge < -0.3 is 21.5 Å². The van der Waals surface area contributed by atoms with E-state index in [1.54, 1.807) is 0 Å².